The molecule has 0 aliphatic rings. The van der Waals surface area contributed by atoms with Crippen molar-refractivity contribution in [3.63, 3.8) is 0 Å². The number of benzene rings is 2. The summed E-state index contributed by atoms with van der Waals surface area (Å²) in [6.45, 7) is 0.689. The number of nitrogen functional groups attached to an aromatic ring is 1. The summed E-state index contributed by atoms with van der Waals surface area (Å²) in [6.07, 6.45) is 1.79. The molecule has 0 aliphatic heterocycles. The highest BCUT2D eigenvalue weighted by Crippen LogP contribution is 2.31. The Bertz CT molecular complexity index is 1010. The Balaban J connectivity index is 1.77. The maximum Gasteiger partial charge on any atom is 0.140 e. The molecule has 4 rings (SSSR count). The van der Waals surface area contributed by atoms with Gasteiger partial charge >= 0.3 is 0 Å². The molecule has 5 heteroatoms. The zero-order chi connectivity index (χ0) is 15.8. The van der Waals surface area contributed by atoms with E-state index in [4.69, 9.17) is 17.3 Å². The molecule has 2 heterocycles. The average Bonchev–Trinajstić information content (AvgIpc) is 2.91. The molecule has 0 unspecified atom stereocenters. The topological polar surface area (TPSA) is 66.7 Å². The number of aromatic nitrogens is 2. The van der Waals surface area contributed by atoms with Crippen LogP contribution in [0.2, 0.25) is 5.02 Å². The number of aromatic amines is 1. The first-order chi connectivity index (χ1) is 11.2. The van der Waals surface area contributed by atoms with Crippen molar-refractivity contribution >= 4 is 44.9 Å². The molecule has 114 valence electrons. The van der Waals surface area contributed by atoms with Crippen molar-refractivity contribution in [2.45, 2.75) is 6.54 Å². The van der Waals surface area contributed by atoms with Gasteiger partial charge in [0.25, 0.3) is 0 Å². The minimum absolute atomic E-state index is 0.689. The minimum Gasteiger partial charge on any atom is -0.399 e. The first-order valence-corrected chi connectivity index (χ1v) is 7.73. The van der Waals surface area contributed by atoms with E-state index in [9.17, 15) is 0 Å². The summed E-state index contributed by atoms with van der Waals surface area (Å²) in [7, 11) is 0. The Hall–Kier alpha value is -2.72. The predicted molar refractivity (Wildman–Crippen MR) is 96.8 cm³/mol. The van der Waals surface area contributed by atoms with Crippen LogP contribution in [0.3, 0.4) is 0 Å². The molecule has 4 aromatic rings. The SMILES string of the molecule is Nc1ccc2[nH]c3nccc(NCc4cccc(Cl)c4)c3c2c1. The highest BCUT2D eigenvalue weighted by molar-refractivity contribution is 6.30. The summed E-state index contributed by atoms with van der Waals surface area (Å²) in [5.74, 6) is 0. The van der Waals surface area contributed by atoms with Crippen molar-refractivity contribution in [2.24, 2.45) is 0 Å². The van der Waals surface area contributed by atoms with Gasteiger partial charge in [-0.2, -0.15) is 0 Å². The van der Waals surface area contributed by atoms with Gasteiger partial charge in [-0.3, -0.25) is 0 Å². The Kier molecular flexibility index (Phi) is 3.32. The molecule has 4 N–H and O–H groups in total. The van der Waals surface area contributed by atoms with Crippen LogP contribution in [0.1, 0.15) is 5.56 Å². The van der Waals surface area contributed by atoms with Crippen molar-refractivity contribution in [3.05, 3.63) is 65.3 Å². The predicted octanol–water partition coefficient (Wildman–Crippen LogP) is 4.56. The number of hydrogen-bond acceptors (Lipinski definition) is 3. The minimum atomic E-state index is 0.689. The van der Waals surface area contributed by atoms with Gasteiger partial charge in [0.15, 0.2) is 0 Å². The largest absolute Gasteiger partial charge is 0.399 e. The number of rotatable bonds is 3. The van der Waals surface area contributed by atoms with E-state index < -0.39 is 0 Å². The lowest BCUT2D eigenvalue weighted by Gasteiger charge is -2.08. The van der Waals surface area contributed by atoms with Crippen LogP contribution in [0, 0.1) is 0 Å². The zero-order valence-corrected chi connectivity index (χ0v) is 13.1. The van der Waals surface area contributed by atoms with Crippen LogP contribution in [0.15, 0.2) is 54.7 Å². The number of nitrogens with zero attached hydrogens (tertiary/aromatic N) is 1. The summed E-state index contributed by atoms with van der Waals surface area (Å²) in [6, 6.07) is 15.6. The van der Waals surface area contributed by atoms with E-state index in [2.05, 4.69) is 15.3 Å². The van der Waals surface area contributed by atoms with Gasteiger partial charge in [-0.1, -0.05) is 23.7 Å². The monoisotopic (exact) mass is 322 g/mol. The Morgan fingerprint density at radius 3 is 2.91 bits per heavy atom. The number of pyridine rings is 1. The van der Waals surface area contributed by atoms with Crippen molar-refractivity contribution in [3.8, 4) is 0 Å². The molecule has 0 saturated carbocycles. The molecule has 0 radical (unpaired) electrons. The third kappa shape index (κ3) is 2.58. The fourth-order valence-electron chi connectivity index (χ4n) is 2.83. The first-order valence-electron chi connectivity index (χ1n) is 7.35. The van der Waals surface area contributed by atoms with E-state index in [0.717, 1.165) is 43.9 Å². The normalized spacial score (nSPS) is 11.2. The summed E-state index contributed by atoms with van der Waals surface area (Å²) in [4.78, 5) is 7.75. The van der Waals surface area contributed by atoms with E-state index in [1.54, 1.807) is 6.20 Å². The van der Waals surface area contributed by atoms with E-state index in [-0.39, 0.29) is 0 Å². The van der Waals surface area contributed by atoms with Gasteiger partial charge in [-0.15, -0.1) is 0 Å². The van der Waals surface area contributed by atoms with Crippen LogP contribution in [0.25, 0.3) is 21.9 Å². The molecule has 2 aromatic carbocycles. The maximum absolute atomic E-state index is 6.04. The molecule has 0 amide bonds. The lowest BCUT2D eigenvalue weighted by atomic mass is 10.1. The molecule has 0 spiro atoms. The molecule has 0 fully saturated rings. The molecule has 2 aromatic heterocycles. The maximum atomic E-state index is 6.04. The zero-order valence-electron chi connectivity index (χ0n) is 12.3. The van der Waals surface area contributed by atoms with Crippen LogP contribution >= 0.6 is 11.6 Å². The molecule has 0 aliphatic carbocycles. The molecule has 0 saturated heterocycles. The molecule has 4 nitrogen and oxygen atoms in total. The number of anilines is 2. The number of fused-ring (bicyclic) bond motifs is 3. The van der Waals surface area contributed by atoms with Crippen molar-refractivity contribution < 1.29 is 0 Å². The lowest BCUT2D eigenvalue weighted by Crippen LogP contribution is -2.00. The Labute approximate surface area is 138 Å². The summed E-state index contributed by atoms with van der Waals surface area (Å²) >= 11 is 6.04. The fraction of sp³-hybridized carbons (Fsp3) is 0.0556. The first kappa shape index (κ1) is 13.9. The third-order valence-electron chi connectivity index (χ3n) is 3.89. The van der Waals surface area contributed by atoms with Crippen LogP contribution in [0.5, 0.6) is 0 Å². The second kappa shape index (κ2) is 5.48. The van der Waals surface area contributed by atoms with Crippen molar-refractivity contribution in [2.75, 3.05) is 11.1 Å². The molecule has 0 bridgehead atoms. The number of H-pyrrole nitrogens is 1. The van der Waals surface area contributed by atoms with Crippen LogP contribution in [-0.2, 0) is 6.54 Å². The van der Waals surface area contributed by atoms with Gasteiger partial charge in [-0.05, 0) is 42.0 Å². The van der Waals surface area contributed by atoms with Crippen molar-refractivity contribution in [1.29, 1.82) is 0 Å². The number of nitrogens with one attached hydrogen (secondary N) is 2. The molecular weight excluding hydrogens is 308 g/mol. The summed E-state index contributed by atoms with van der Waals surface area (Å²) in [5, 5.41) is 6.33. The van der Waals surface area contributed by atoms with Crippen molar-refractivity contribution in [1.82, 2.24) is 9.97 Å². The van der Waals surface area contributed by atoms with Gasteiger partial charge in [0.1, 0.15) is 5.65 Å². The van der Waals surface area contributed by atoms with Gasteiger partial charge < -0.3 is 16.0 Å². The average molecular weight is 323 g/mol. The highest BCUT2D eigenvalue weighted by Gasteiger charge is 2.10. The number of hydrogen-bond donors (Lipinski definition) is 3. The lowest BCUT2D eigenvalue weighted by molar-refractivity contribution is 1.15. The van der Waals surface area contributed by atoms with Crippen LogP contribution in [-0.4, -0.2) is 9.97 Å². The van der Waals surface area contributed by atoms with E-state index in [1.807, 2.05) is 48.5 Å². The van der Waals surface area contributed by atoms with E-state index in [1.165, 1.54) is 0 Å². The van der Waals surface area contributed by atoms with Gasteiger partial charge in [0, 0.05) is 45.4 Å². The second-order valence-corrected chi connectivity index (χ2v) is 5.93. The highest BCUT2D eigenvalue weighted by atomic mass is 35.5. The van der Waals surface area contributed by atoms with Gasteiger partial charge in [0.2, 0.25) is 0 Å². The number of halogens is 1. The third-order valence-corrected chi connectivity index (χ3v) is 4.12. The second-order valence-electron chi connectivity index (χ2n) is 5.50. The molecule has 0 atom stereocenters. The number of nitrogens with two attached hydrogens (primary N) is 1. The quantitative estimate of drug-likeness (QED) is 0.484. The standard InChI is InChI=1S/C18H15ClN4/c19-12-3-1-2-11(8-12)10-22-16-6-7-21-18-17(16)14-9-13(20)4-5-15(14)23-18/h1-9H,10,20H2,(H2,21,22,23). The summed E-state index contributed by atoms with van der Waals surface area (Å²) in [5.41, 5.74) is 10.7. The van der Waals surface area contributed by atoms with E-state index >= 15 is 0 Å². The fourth-order valence-corrected chi connectivity index (χ4v) is 3.04. The van der Waals surface area contributed by atoms with Crippen LogP contribution in [0.4, 0.5) is 11.4 Å². The summed E-state index contributed by atoms with van der Waals surface area (Å²) < 4.78 is 0. The Morgan fingerprint density at radius 1 is 1.13 bits per heavy atom. The Morgan fingerprint density at radius 2 is 2.04 bits per heavy atom. The van der Waals surface area contributed by atoms with E-state index in [0.29, 0.717) is 6.54 Å². The van der Waals surface area contributed by atoms with Gasteiger partial charge in [0.05, 0.1) is 0 Å². The van der Waals surface area contributed by atoms with Gasteiger partial charge in [-0.25, -0.2) is 4.98 Å². The van der Waals surface area contributed by atoms with Crippen LogP contribution < -0.4 is 11.1 Å². The molecular formula is C18H15ClN4. The molecule has 23 heavy (non-hydrogen) atoms. The smallest absolute Gasteiger partial charge is 0.140 e.